The first-order chi connectivity index (χ1) is 11.2. The van der Waals surface area contributed by atoms with Crippen LogP contribution in [-0.2, 0) is 11.2 Å². The zero-order valence-corrected chi connectivity index (χ0v) is 14.3. The molecule has 0 saturated heterocycles. The van der Waals surface area contributed by atoms with Crippen LogP contribution in [0.15, 0.2) is 46.9 Å². The standard InChI is InChI=1S/C15H13ClN4OS2/c16-10-3-1-4-11(7-10)17-14(21)9-23-15-18-13(19-20-15)8-12-5-2-6-22-12/h1-7H,8-9H2,(H,17,21)(H,18,19,20). The monoisotopic (exact) mass is 364 g/mol. The van der Waals surface area contributed by atoms with E-state index in [2.05, 4.69) is 26.6 Å². The number of halogens is 1. The SMILES string of the molecule is O=C(CSc1n[nH]c(Cc2cccs2)n1)Nc1cccc(Cl)c1. The van der Waals surface area contributed by atoms with Gasteiger partial charge < -0.3 is 5.32 Å². The number of hydrogen-bond acceptors (Lipinski definition) is 5. The van der Waals surface area contributed by atoms with Crippen LogP contribution in [0.5, 0.6) is 0 Å². The van der Waals surface area contributed by atoms with Gasteiger partial charge in [0.05, 0.1) is 5.75 Å². The molecule has 2 N–H and O–H groups in total. The molecular formula is C15H13ClN4OS2. The molecule has 0 aliphatic rings. The van der Waals surface area contributed by atoms with E-state index in [0.717, 1.165) is 12.2 Å². The molecule has 1 aromatic carbocycles. The summed E-state index contributed by atoms with van der Waals surface area (Å²) in [6.07, 6.45) is 0.722. The smallest absolute Gasteiger partial charge is 0.234 e. The largest absolute Gasteiger partial charge is 0.325 e. The third-order valence-corrected chi connectivity index (χ3v) is 4.83. The van der Waals surface area contributed by atoms with Crippen LogP contribution in [0.3, 0.4) is 0 Å². The highest BCUT2D eigenvalue weighted by atomic mass is 35.5. The van der Waals surface area contributed by atoms with Crippen LogP contribution in [0.25, 0.3) is 0 Å². The Balaban J connectivity index is 1.50. The second-order valence-corrected chi connectivity index (χ2v) is 7.08. The number of thioether (sulfide) groups is 1. The number of carbonyl (C=O) groups is 1. The van der Waals surface area contributed by atoms with Gasteiger partial charge in [-0.3, -0.25) is 9.89 Å². The zero-order chi connectivity index (χ0) is 16.1. The van der Waals surface area contributed by atoms with Crippen LogP contribution in [0.1, 0.15) is 10.7 Å². The number of hydrogen-bond donors (Lipinski definition) is 2. The summed E-state index contributed by atoms with van der Waals surface area (Å²) in [7, 11) is 0. The Kier molecular flexibility index (Phi) is 5.32. The quantitative estimate of drug-likeness (QED) is 0.652. The van der Waals surface area contributed by atoms with Crippen molar-refractivity contribution >= 4 is 46.3 Å². The van der Waals surface area contributed by atoms with E-state index >= 15 is 0 Å². The molecule has 8 heteroatoms. The number of aromatic amines is 1. The molecule has 2 aromatic heterocycles. The minimum atomic E-state index is -0.123. The van der Waals surface area contributed by atoms with Crippen LogP contribution in [0.2, 0.25) is 5.02 Å². The van der Waals surface area contributed by atoms with E-state index in [9.17, 15) is 4.79 Å². The first-order valence-corrected chi connectivity index (χ1v) is 9.05. The summed E-state index contributed by atoms with van der Waals surface area (Å²) >= 11 is 8.85. The summed E-state index contributed by atoms with van der Waals surface area (Å²) in [5.41, 5.74) is 0.677. The van der Waals surface area contributed by atoms with Gasteiger partial charge in [0.1, 0.15) is 5.82 Å². The number of nitrogens with zero attached hydrogens (tertiary/aromatic N) is 2. The lowest BCUT2D eigenvalue weighted by Gasteiger charge is -2.04. The summed E-state index contributed by atoms with van der Waals surface area (Å²) in [6, 6.07) is 11.1. The highest BCUT2D eigenvalue weighted by Crippen LogP contribution is 2.18. The third-order valence-electron chi connectivity index (χ3n) is 2.87. The Morgan fingerprint density at radius 1 is 1.35 bits per heavy atom. The van der Waals surface area contributed by atoms with Crippen LogP contribution >= 0.6 is 34.7 Å². The maximum atomic E-state index is 11.9. The minimum Gasteiger partial charge on any atom is -0.325 e. The molecule has 3 aromatic rings. The fraction of sp³-hybridized carbons (Fsp3) is 0.133. The second kappa shape index (κ2) is 7.63. The number of amides is 1. The molecule has 0 aliphatic heterocycles. The topological polar surface area (TPSA) is 70.7 Å². The van der Waals surface area contributed by atoms with Crippen molar-refractivity contribution < 1.29 is 4.79 Å². The van der Waals surface area contributed by atoms with Crippen molar-refractivity contribution in [1.29, 1.82) is 0 Å². The molecular weight excluding hydrogens is 352 g/mol. The summed E-state index contributed by atoms with van der Waals surface area (Å²) < 4.78 is 0. The average molecular weight is 365 g/mol. The predicted molar refractivity (Wildman–Crippen MR) is 94.3 cm³/mol. The van der Waals surface area contributed by atoms with Crippen molar-refractivity contribution in [1.82, 2.24) is 15.2 Å². The first kappa shape index (κ1) is 16.0. The first-order valence-electron chi connectivity index (χ1n) is 6.81. The number of nitrogens with one attached hydrogen (secondary N) is 2. The molecule has 0 fully saturated rings. The second-order valence-electron chi connectivity index (χ2n) is 4.67. The number of benzene rings is 1. The van der Waals surface area contributed by atoms with E-state index in [1.54, 1.807) is 35.6 Å². The van der Waals surface area contributed by atoms with Crippen molar-refractivity contribution in [2.75, 3.05) is 11.1 Å². The van der Waals surface area contributed by atoms with Crippen LogP contribution in [-0.4, -0.2) is 26.8 Å². The number of aromatic nitrogens is 3. The van der Waals surface area contributed by atoms with Gasteiger partial charge in [-0.2, -0.15) is 0 Å². The van der Waals surface area contributed by atoms with Crippen LogP contribution in [0.4, 0.5) is 5.69 Å². The molecule has 23 heavy (non-hydrogen) atoms. The van der Waals surface area contributed by atoms with Crippen molar-refractivity contribution in [3.8, 4) is 0 Å². The summed E-state index contributed by atoms with van der Waals surface area (Å²) in [4.78, 5) is 17.5. The van der Waals surface area contributed by atoms with E-state index in [0.29, 0.717) is 15.9 Å². The highest BCUT2D eigenvalue weighted by Gasteiger charge is 2.09. The van der Waals surface area contributed by atoms with Gasteiger partial charge in [0.2, 0.25) is 11.1 Å². The van der Waals surface area contributed by atoms with E-state index in [1.165, 1.54) is 16.6 Å². The summed E-state index contributed by atoms with van der Waals surface area (Å²) in [6.45, 7) is 0. The maximum absolute atomic E-state index is 11.9. The minimum absolute atomic E-state index is 0.123. The Morgan fingerprint density at radius 2 is 2.26 bits per heavy atom. The van der Waals surface area contributed by atoms with Gasteiger partial charge >= 0.3 is 0 Å². The molecule has 1 amide bonds. The Hall–Kier alpha value is -1.83. The van der Waals surface area contributed by atoms with Gasteiger partial charge in [-0.15, -0.1) is 16.4 Å². The van der Waals surface area contributed by atoms with Gasteiger partial charge in [-0.25, -0.2) is 4.98 Å². The number of thiophene rings is 1. The normalized spacial score (nSPS) is 10.7. The van der Waals surface area contributed by atoms with Gasteiger partial charge in [-0.1, -0.05) is 35.5 Å². The van der Waals surface area contributed by atoms with Crippen molar-refractivity contribution in [2.24, 2.45) is 0 Å². The molecule has 0 aliphatic carbocycles. The number of H-pyrrole nitrogens is 1. The Morgan fingerprint density at radius 3 is 3.04 bits per heavy atom. The predicted octanol–water partition coefficient (Wildman–Crippen LogP) is 3.84. The fourth-order valence-corrected chi connectivity index (χ4v) is 3.41. The molecule has 118 valence electrons. The molecule has 0 bridgehead atoms. The number of anilines is 1. The molecule has 0 unspecified atom stereocenters. The van der Waals surface area contributed by atoms with E-state index in [4.69, 9.17) is 11.6 Å². The number of carbonyl (C=O) groups excluding carboxylic acids is 1. The van der Waals surface area contributed by atoms with E-state index < -0.39 is 0 Å². The molecule has 0 radical (unpaired) electrons. The fourth-order valence-electron chi connectivity index (χ4n) is 1.89. The lowest BCUT2D eigenvalue weighted by Crippen LogP contribution is -2.14. The van der Waals surface area contributed by atoms with Crippen molar-refractivity contribution in [3.05, 3.63) is 57.5 Å². The van der Waals surface area contributed by atoms with E-state index in [-0.39, 0.29) is 11.7 Å². The van der Waals surface area contributed by atoms with Gasteiger partial charge in [0, 0.05) is 22.0 Å². The molecule has 0 atom stereocenters. The third kappa shape index (κ3) is 4.82. The van der Waals surface area contributed by atoms with Crippen LogP contribution in [0, 0.1) is 0 Å². The molecule has 0 saturated carbocycles. The lowest BCUT2D eigenvalue weighted by molar-refractivity contribution is -0.113. The average Bonchev–Trinajstić information content (AvgIpc) is 3.18. The van der Waals surface area contributed by atoms with Crippen LogP contribution < -0.4 is 5.32 Å². The molecule has 0 spiro atoms. The molecule has 5 nitrogen and oxygen atoms in total. The van der Waals surface area contributed by atoms with Gasteiger partial charge in [-0.05, 0) is 29.6 Å². The summed E-state index contributed by atoms with van der Waals surface area (Å²) in [5.74, 6) is 0.912. The number of rotatable bonds is 6. The Labute approximate surface area is 146 Å². The molecule has 2 heterocycles. The lowest BCUT2D eigenvalue weighted by atomic mass is 10.3. The highest BCUT2D eigenvalue weighted by molar-refractivity contribution is 7.99. The van der Waals surface area contributed by atoms with Gasteiger partial charge in [0.25, 0.3) is 0 Å². The Bertz CT molecular complexity index is 788. The van der Waals surface area contributed by atoms with Crippen molar-refractivity contribution in [2.45, 2.75) is 11.6 Å². The molecule has 3 rings (SSSR count). The van der Waals surface area contributed by atoms with Crippen molar-refractivity contribution in [3.63, 3.8) is 0 Å². The summed E-state index contributed by atoms with van der Waals surface area (Å²) in [5, 5.41) is 13.0. The maximum Gasteiger partial charge on any atom is 0.234 e. The van der Waals surface area contributed by atoms with Gasteiger partial charge in [0.15, 0.2) is 0 Å². The van der Waals surface area contributed by atoms with E-state index in [1.807, 2.05) is 11.4 Å². The zero-order valence-electron chi connectivity index (χ0n) is 12.0.